The van der Waals surface area contributed by atoms with Gasteiger partial charge < -0.3 is 5.32 Å². The third-order valence-corrected chi connectivity index (χ3v) is 2.07. The Labute approximate surface area is 86.8 Å². The van der Waals surface area contributed by atoms with E-state index < -0.39 is 0 Å². The van der Waals surface area contributed by atoms with E-state index in [9.17, 15) is 0 Å². The van der Waals surface area contributed by atoms with Crippen molar-refractivity contribution in [3.8, 4) is 0 Å². The smallest absolute Gasteiger partial charge is 0.0570 e. The minimum atomic E-state index is 0.322. The van der Waals surface area contributed by atoms with Crippen LogP contribution in [0, 0.1) is 5.41 Å². The molecule has 1 N–H and O–H groups in total. The van der Waals surface area contributed by atoms with Crippen LogP contribution in [0.25, 0.3) is 0 Å². The fraction of sp³-hybridized carbons (Fsp3) is 0.583. The SMILES string of the molecule is C[C@H](NCC(C)(C)C)c1ccccn1. The number of nitrogens with zero attached hydrogens (tertiary/aromatic N) is 1. The first-order chi connectivity index (χ1) is 6.49. The number of rotatable bonds is 3. The number of pyridine rings is 1. The molecule has 0 radical (unpaired) electrons. The number of hydrogen-bond donors (Lipinski definition) is 1. The predicted octanol–water partition coefficient (Wildman–Crippen LogP) is 2.78. The summed E-state index contributed by atoms with van der Waals surface area (Å²) in [7, 11) is 0. The van der Waals surface area contributed by atoms with Crippen LogP contribution in [0.4, 0.5) is 0 Å². The van der Waals surface area contributed by atoms with Crippen LogP contribution in [0.15, 0.2) is 24.4 Å². The van der Waals surface area contributed by atoms with Gasteiger partial charge in [-0.3, -0.25) is 4.98 Å². The number of hydrogen-bond acceptors (Lipinski definition) is 2. The summed E-state index contributed by atoms with van der Waals surface area (Å²) >= 11 is 0. The highest BCUT2D eigenvalue weighted by Gasteiger charge is 2.12. The molecule has 1 aromatic rings. The zero-order valence-electron chi connectivity index (χ0n) is 9.54. The van der Waals surface area contributed by atoms with E-state index in [1.165, 1.54) is 0 Å². The average Bonchev–Trinajstić information content (AvgIpc) is 2.14. The number of nitrogens with one attached hydrogen (secondary N) is 1. The summed E-state index contributed by atoms with van der Waals surface area (Å²) in [6.07, 6.45) is 1.84. The molecular weight excluding hydrogens is 172 g/mol. The summed E-state index contributed by atoms with van der Waals surface area (Å²) in [5.74, 6) is 0. The van der Waals surface area contributed by atoms with Crippen LogP contribution in [0.2, 0.25) is 0 Å². The van der Waals surface area contributed by atoms with Gasteiger partial charge in [-0.05, 0) is 24.5 Å². The molecule has 0 spiro atoms. The molecular formula is C12H20N2. The summed E-state index contributed by atoms with van der Waals surface area (Å²) < 4.78 is 0. The van der Waals surface area contributed by atoms with E-state index in [1.807, 2.05) is 18.3 Å². The van der Waals surface area contributed by atoms with Crippen LogP contribution in [0.3, 0.4) is 0 Å². The summed E-state index contributed by atoms with van der Waals surface area (Å²) in [6, 6.07) is 6.35. The lowest BCUT2D eigenvalue weighted by atomic mass is 9.96. The Kier molecular flexibility index (Phi) is 3.64. The van der Waals surface area contributed by atoms with Crippen LogP contribution in [0.5, 0.6) is 0 Å². The van der Waals surface area contributed by atoms with E-state index in [1.54, 1.807) is 0 Å². The maximum atomic E-state index is 4.32. The second kappa shape index (κ2) is 4.56. The van der Waals surface area contributed by atoms with Gasteiger partial charge in [-0.15, -0.1) is 0 Å². The van der Waals surface area contributed by atoms with Gasteiger partial charge in [-0.2, -0.15) is 0 Å². The highest BCUT2D eigenvalue weighted by molar-refractivity contribution is 5.07. The molecule has 0 saturated carbocycles. The lowest BCUT2D eigenvalue weighted by Crippen LogP contribution is -2.29. The Balaban J connectivity index is 2.48. The Morgan fingerprint density at radius 3 is 2.57 bits per heavy atom. The van der Waals surface area contributed by atoms with Crippen LogP contribution >= 0.6 is 0 Å². The monoisotopic (exact) mass is 192 g/mol. The number of aromatic nitrogens is 1. The summed E-state index contributed by atoms with van der Waals surface area (Å²) in [5, 5.41) is 3.48. The van der Waals surface area contributed by atoms with E-state index in [4.69, 9.17) is 0 Å². The molecule has 0 bridgehead atoms. The van der Waals surface area contributed by atoms with Gasteiger partial charge in [0.25, 0.3) is 0 Å². The Morgan fingerprint density at radius 1 is 1.36 bits per heavy atom. The normalized spacial score (nSPS) is 14.0. The highest BCUT2D eigenvalue weighted by atomic mass is 14.9. The van der Waals surface area contributed by atoms with Crippen LogP contribution in [-0.4, -0.2) is 11.5 Å². The molecule has 0 unspecified atom stereocenters. The van der Waals surface area contributed by atoms with Gasteiger partial charge in [0.05, 0.1) is 5.69 Å². The highest BCUT2D eigenvalue weighted by Crippen LogP contribution is 2.14. The fourth-order valence-corrected chi connectivity index (χ4v) is 1.20. The van der Waals surface area contributed by atoms with E-state index in [0.29, 0.717) is 11.5 Å². The minimum absolute atomic E-state index is 0.322. The van der Waals surface area contributed by atoms with Crippen molar-refractivity contribution < 1.29 is 0 Å². The van der Waals surface area contributed by atoms with Crippen molar-refractivity contribution in [1.82, 2.24) is 10.3 Å². The molecule has 0 saturated heterocycles. The van der Waals surface area contributed by atoms with Gasteiger partial charge in [-0.1, -0.05) is 26.8 Å². The van der Waals surface area contributed by atoms with E-state index >= 15 is 0 Å². The van der Waals surface area contributed by atoms with Gasteiger partial charge in [0, 0.05) is 18.8 Å². The molecule has 2 nitrogen and oxygen atoms in total. The second-order valence-corrected chi connectivity index (χ2v) is 4.92. The molecule has 0 aliphatic rings. The van der Waals surface area contributed by atoms with Crippen molar-refractivity contribution >= 4 is 0 Å². The molecule has 0 aliphatic heterocycles. The minimum Gasteiger partial charge on any atom is -0.308 e. The lowest BCUT2D eigenvalue weighted by Gasteiger charge is -2.22. The maximum absolute atomic E-state index is 4.32. The largest absolute Gasteiger partial charge is 0.308 e. The van der Waals surface area contributed by atoms with E-state index in [0.717, 1.165) is 12.2 Å². The van der Waals surface area contributed by atoms with Crippen molar-refractivity contribution in [3.05, 3.63) is 30.1 Å². The quantitative estimate of drug-likeness (QED) is 0.796. The van der Waals surface area contributed by atoms with Gasteiger partial charge >= 0.3 is 0 Å². The second-order valence-electron chi connectivity index (χ2n) is 4.92. The third kappa shape index (κ3) is 3.88. The Hall–Kier alpha value is -0.890. The summed E-state index contributed by atoms with van der Waals surface area (Å²) in [5.41, 5.74) is 1.43. The molecule has 0 aromatic carbocycles. The zero-order valence-corrected chi connectivity index (χ0v) is 9.54. The molecule has 1 aromatic heterocycles. The standard InChI is InChI=1S/C12H20N2/c1-10(14-9-12(2,3)4)11-7-5-6-8-13-11/h5-8,10,14H,9H2,1-4H3/t10-/m0/s1. The molecule has 78 valence electrons. The molecule has 14 heavy (non-hydrogen) atoms. The van der Waals surface area contributed by atoms with Crippen LogP contribution in [-0.2, 0) is 0 Å². The van der Waals surface area contributed by atoms with E-state index in [-0.39, 0.29) is 0 Å². The topological polar surface area (TPSA) is 24.9 Å². The van der Waals surface area contributed by atoms with E-state index in [2.05, 4.69) is 44.1 Å². The first-order valence-electron chi connectivity index (χ1n) is 5.13. The van der Waals surface area contributed by atoms with Crippen LogP contribution in [0.1, 0.15) is 39.4 Å². The van der Waals surface area contributed by atoms with Crippen LogP contribution < -0.4 is 5.32 Å². The fourth-order valence-electron chi connectivity index (χ4n) is 1.20. The van der Waals surface area contributed by atoms with Gasteiger partial charge in [0.2, 0.25) is 0 Å². The molecule has 0 amide bonds. The lowest BCUT2D eigenvalue weighted by molar-refractivity contribution is 0.357. The molecule has 0 fully saturated rings. The molecule has 1 heterocycles. The summed E-state index contributed by atoms with van der Waals surface area (Å²) in [4.78, 5) is 4.32. The zero-order chi connectivity index (χ0) is 10.6. The maximum Gasteiger partial charge on any atom is 0.0570 e. The predicted molar refractivity (Wildman–Crippen MR) is 60.1 cm³/mol. The Bertz CT molecular complexity index is 261. The summed E-state index contributed by atoms with van der Waals surface area (Å²) in [6.45, 7) is 9.83. The average molecular weight is 192 g/mol. The third-order valence-electron chi connectivity index (χ3n) is 2.07. The van der Waals surface area contributed by atoms with Gasteiger partial charge in [0.1, 0.15) is 0 Å². The van der Waals surface area contributed by atoms with Crippen molar-refractivity contribution in [2.45, 2.75) is 33.7 Å². The first-order valence-corrected chi connectivity index (χ1v) is 5.13. The van der Waals surface area contributed by atoms with Gasteiger partial charge in [-0.25, -0.2) is 0 Å². The van der Waals surface area contributed by atoms with Crippen molar-refractivity contribution in [1.29, 1.82) is 0 Å². The Morgan fingerprint density at radius 2 is 2.07 bits per heavy atom. The van der Waals surface area contributed by atoms with Crippen molar-refractivity contribution in [2.24, 2.45) is 5.41 Å². The van der Waals surface area contributed by atoms with Gasteiger partial charge in [0.15, 0.2) is 0 Å². The molecule has 0 aliphatic carbocycles. The first kappa shape index (κ1) is 11.2. The molecule has 1 atom stereocenters. The molecule has 1 rings (SSSR count). The van der Waals surface area contributed by atoms with Crippen molar-refractivity contribution in [3.63, 3.8) is 0 Å². The molecule has 2 heteroatoms. The van der Waals surface area contributed by atoms with Crippen molar-refractivity contribution in [2.75, 3.05) is 6.54 Å².